The summed E-state index contributed by atoms with van der Waals surface area (Å²) in [7, 11) is 0. The Bertz CT molecular complexity index is 570. The Balaban J connectivity index is 1.66. The van der Waals surface area contributed by atoms with E-state index in [2.05, 4.69) is 10.1 Å². The van der Waals surface area contributed by atoms with E-state index in [1.165, 1.54) is 32.1 Å². The van der Waals surface area contributed by atoms with E-state index in [0.717, 1.165) is 5.69 Å². The third-order valence-electron chi connectivity index (χ3n) is 3.96. The first kappa shape index (κ1) is 13.0. The molecular formula is C16H19N3O. The summed E-state index contributed by atoms with van der Waals surface area (Å²) in [6.45, 7) is 0. The summed E-state index contributed by atoms with van der Waals surface area (Å²) >= 11 is 0. The Morgan fingerprint density at radius 2 is 1.90 bits per heavy atom. The highest BCUT2D eigenvalue weighted by molar-refractivity contribution is 5.97. The minimum Gasteiger partial charge on any atom is -0.294 e. The van der Waals surface area contributed by atoms with Crippen molar-refractivity contribution in [2.24, 2.45) is 0 Å². The van der Waals surface area contributed by atoms with Crippen LogP contribution in [0.4, 0.5) is 0 Å². The van der Waals surface area contributed by atoms with Crippen molar-refractivity contribution in [3.8, 4) is 0 Å². The quantitative estimate of drug-likeness (QED) is 0.801. The number of rotatable bonds is 4. The van der Waals surface area contributed by atoms with E-state index < -0.39 is 0 Å². The normalized spacial score (nSPS) is 16.2. The first-order valence-corrected chi connectivity index (χ1v) is 7.30. The zero-order valence-electron chi connectivity index (χ0n) is 11.5. The van der Waals surface area contributed by atoms with Crippen molar-refractivity contribution in [2.45, 2.75) is 44.6 Å². The molecule has 20 heavy (non-hydrogen) atoms. The van der Waals surface area contributed by atoms with Crippen LogP contribution in [0.1, 0.15) is 54.2 Å². The Labute approximate surface area is 118 Å². The van der Waals surface area contributed by atoms with Gasteiger partial charge in [0.25, 0.3) is 0 Å². The lowest BCUT2D eigenvalue weighted by Crippen LogP contribution is -2.14. The number of nitrogens with zero attached hydrogens (tertiary/aromatic N) is 3. The number of aromatic nitrogens is 3. The van der Waals surface area contributed by atoms with E-state index in [1.807, 2.05) is 16.9 Å². The molecule has 0 amide bonds. The van der Waals surface area contributed by atoms with Gasteiger partial charge in [0.1, 0.15) is 0 Å². The molecular weight excluding hydrogens is 250 g/mol. The molecule has 0 N–H and O–H groups in total. The van der Waals surface area contributed by atoms with E-state index >= 15 is 0 Å². The van der Waals surface area contributed by atoms with E-state index in [9.17, 15) is 4.79 Å². The van der Waals surface area contributed by atoms with Gasteiger partial charge in [0.15, 0.2) is 5.78 Å². The molecule has 1 aliphatic rings. The second-order valence-corrected chi connectivity index (χ2v) is 5.41. The summed E-state index contributed by atoms with van der Waals surface area (Å²) < 4.78 is 2.05. The van der Waals surface area contributed by atoms with E-state index in [4.69, 9.17) is 0 Å². The standard InChI is InChI=1S/C16H19N3O/c20-16(13-6-9-17-10-7-13)12-14-8-11-19(18-14)15-4-2-1-3-5-15/h6-11,15H,1-5,12H2. The molecule has 1 fully saturated rings. The van der Waals surface area contributed by atoms with Crippen LogP contribution < -0.4 is 0 Å². The number of hydrogen-bond acceptors (Lipinski definition) is 3. The number of Topliss-reactive ketones (excluding diaryl/α,β-unsaturated/α-hetero) is 1. The fourth-order valence-corrected chi connectivity index (χ4v) is 2.82. The van der Waals surface area contributed by atoms with Gasteiger partial charge in [-0.05, 0) is 31.0 Å². The van der Waals surface area contributed by atoms with Gasteiger partial charge in [0.05, 0.1) is 18.2 Å². The lowest BCUT2D eigenvalue weighted by atomic mass is 9.96. The SMILES string of the molecule is O=C(Cc1ccn(C2CCCCC2)n1)c1ccncc1. The number of pyridine rings is 1. The van der Waals surface area contributed by atoms with Gasteiger partial charge in [-0.1, -0.05) is 19.3 Å². The summed E-state index contributed by atoms with van der Waals surface area (Å²) in [5.41, 5.74) is 1.56. The van der Waals surface area contributed by atoms with Crippen LogP contribution >= 0.6 is 0 Å². The second-order valence-electron chi connectivity index (χ2n) is 5.41. The van der Waals surface area contributed by atoms with E-state index in [-0.39, 0.29) is 5.78 Å². The number of carbonyl (C=O) groups excluding carboxylic acids is 1. The summed E-state index contributed by atoms with van der Waals surface area (Å²) in [4.78, 5) is 16.1. The molecule has 0 saturated heterocycles. The molecule has 2 aromatic rings. The first-order chi connectivity index (χ1) is 9.83. The van der Waals surface area contributed by atoms with Crippen LogP contribution in [0.15, 0.2) is 36.8 Å². The van der Waals surface area contributed by atoms with Gasteiger partial charge in [-0.25, -0.2) is 0 Å². The van der Waals surface area contributed by atoms with Crippen molar-refractivity contribution in [2.75, 3.05) is 0 Å². The fourth-order valence-electron chi connectivity index (χ4n) is 2.82. The van der Waals surface area contributed by atoms with Crippen molar-refractivity contribution in [3.63, 3.8) is 0 Å². The maximum atomic E-state index is 12.1. The van der Waals surface area contributed by atoms with E-state index in [0.29, 0.717) is 18.0 Å². The van der Waals surface area contributed by atoms with Crippen molar-refractivity contribution < 1.29 is 4.79 Å². The number of ketones is 1. The molecule has 0 aliphatic heterocycles. The van der Waals surface area contributed by atoms with Gasteiger partial charge in [-0.15, -0.1) is 0 Å². The molecule has 2 heterocycles. The molecule has 0 bridgehead atoms. The maximum absolute atomic E-state index is 12.1. The Kier molecular flexibility index (Phi) is 3.90. The molecule has 1 saturated carbocycles. The molecule has 3 rings (SSSR count). The monoisotopic (exact) mass is 269 g/mol. The highest BCUT2D eigenvalue weighted by atomic mass is 16.1. The molecule has 0 unspecified atom stereocenters. The minimum atomic E-state index is 0.0984. The largest absolute Gasteiger partial charge is 0.294 e. The lowest BCUT2D eigenvalue weighted by molar-refractivity contribution is 0.0991. The van der Waals surface area contributed by atoms with Crippen LogP contribution in [0.25, 0.3) is 0 Å². The Morgan fingerprint density at radius 1 is 1.15 bits per heavy atom. The van der Waals surface area contributed by atoms with Crippen molar-refractivity contribution in [1.82, 2.24) is 14.8 Å². The Hall–Kier alpha value is -1.97. The van der Waals surface area contributed by atoms with Gasteiger partial charge in [-0.3, -0.25) is 14.5 Å². The molecule has 0 radical (unpaired) electrons. The molecule has 2 aromatic heterocycles. The van der Waals surface area contributed by atoms with Crippen LogP contribution in [0.5, 0.6) is 0 Å². The summed E-state index contributed by atoms with van der Waals surface area (Å²) in [6, 6.07) is 5.99. The van der Waals surface area contributed by atoms with Crippen LogP contribution in [-0.4, -0.2) is 20.5 Å². The maximum Gasteiger partial charge on any atom is 0.168 e. The highest BCUT2D eigenvalue weighted by Gasteiger charge is 2.16. The molecule has 1 aliphatic carbocycles. The lowest BCUT2D eigenvalue weighted by Gasteiger charge is -2.21. The third-order valence-corrected chi connectivity index (χ3v) is 3.96. The zero-order valence-corrected chi connectivity index (χ0v) is 11.5. The zero-order chi connectivity index (χ0) is 13.8. The average molecular weight is 269 g/mol. The molecule has 0 atom stereocenters. The Morgan fingerprint density at radius 3 is 2.65 bits per heavy atom. The number of carbonyl (C=O) groups is 1. The van der Waals surface area contributed by atoms with Crippen molar-refractivity contribution in [3.05, 3.63) is 48.0 Å². The molecule has 104 valence electrons. The van der Waals surface area contributed by atoms with Crippen LogP contribution in [-0.2, 0) is 6.42 Å². The summed E-state index contributed by atoms with van der Waals surface area (Å²) in [5, 5.41) is 4.58. The summed E-state index contributed by atoms with van der Waals surface area (Å²) in [5.74, 6) is 0.0984. The molecule has 0 spiro atoms. The predicted molar refractivity (Wildman–Crippen MR) is 76.6 cm³/mol. The number of hydrogen-bond donors (Lipinski definition) is 0. The molecule has 0 aromatic carbocycles. The van der Waals surface area contributed by atoms with Gasteiger partial charge >= 0.3 is 0 Å². The smallest absolute Gasteiger partial charge is 0.168 e. The van der Waals surface area contributed by atoms with Gasteiger partial charge < -0.3 is 0 Å². The predicted octanol–water partition coefficient (Wildman–Crippen LogP) is 3.21. The van der Waals surface area contributed by atoms with E-state index in [1.54, 1.807) is 24.5 Å². The van der Waals surface area contributed by atoms with Crippen LogP contribution in [0.2, 0.25) is 0 Å². The van der Waals surface area contributed by atoms with Crippen LogP contribution in [0.3, 0.4) is 0 Å². The van der Waals surface area contributed by atoms with Gasteiger partial charge in [0.2, 0.25) is 0 Å². The van der Waals surface area contributed by atoms with Crippen LogP contribution in [0, 0.1) is 0 Å². The first-order valence-electron chi connectivity index (χ1n) is 7.30. The van der Waals surface area contributed by atoms with Crippen molar-refractivity contribution >= 4 is 5.78 Å². The topological polar surface area (TPSA) is 47.8 Å². The fraction of sp³-hybridized carbons (Fsp3) is 0.438. The highest BCUT2D eigenvalue weighted by Crippen LogP contribution is 2.27. The molecule has 4 heteroatoms. The third kappa shape index (κ3) is 2.95. The van der Waals surface area contributed by atoms with Gasteiger partial charge in [0, 0.05) is 24.2 Å². The average Bonchev–Trinajstić information content (AvgIpc) is 2.97. The van der Waals surface area contributed by atoms with Gasteiger partial charge in [-0.2, -0.15) is 5.10 Å². The minimum absolute atomic E-state index is 0.0984. The van der Waals surface area contributed by atoms with Crippen molar-refractivity contribution in [1.29, 1.82) is 0 Å². The molecule has 4 nitrogen and oxygen atoms in total. The second kappa shape index (κ2) is 5.99. The summed E-state index contributed by atoms with van der Waals surface area (Å²) in [6.07, 6.45) is 12.0.